The topological polar surface area (TPSA) is 95.5 Å². The highest BCUT2D eigenvalue weighted by Crippen LogP contribution is 2.16. The van der Waals surface area contributed by atoms with E-state index in [0.717, 1.165) is 6.07 Å². The molecule has 0 atom stereocenters. The molecule has 0 saturated carbocycles. The fraction of sp³-hybridized carbons (Fsp3) is 0.357. The second kappa shape index (κ2) is 7.98. The monoisotopic (exact) mass is 296 g/mol. The van der Waals surface area contributed by atoms with Gasteiger partial charge in [0.2, 0.25) is 5.91 Å². The summed E-state index contributed by atoms with van der Waals surface area (Å²) < 4.78 is 13.4. The lowest BCUT2D eigenvalue weighted by molar-refractivity contribution is -0.137. The minimum atomic E-state index is -0.875. The number of carboxylic acid groups (broad SMARTS) is 1. The maximum atomic E-state index is 13.4. The van der Waals surface area contributed by atoms with Gasteiger partial charge in [0.05, 0.1) is 5.69 Å². The zero-order valence-corrected chi connectivity index (χ0v) is 11.6. The number of nitrogens with one attached hydrogen (secondary N) is 2. The normalized spacial score (nSPS) is 10.0. The molecule has 0 radical (unpaired) electrons. The van der Waals surface area contributed by atoms with Crippen LogP contribution in [0.1, 0.15) is 36.5 Å². The van der Waals surface area contributed by atoms with Crippen molar-refractivity contribution in [3.05, 3.63) is 29.6 Å². The molecule has 0 heterocycles. The van der Waals surface area contributed by atoms with E-state index in [-0.39, 0.29) is 17.7 Å². The van der Waals surface area contributed by atoms with Crippen LogP contribution in [0.15, 0.2) is 18.2 Å². The van der Waals surface area contributed by atoms with Crippen molar-refractivity contribution in [2.24, 2.45) is 0 Å². The van der Waals surface area contributed by atoms with Gasteiger partial charge < -0.3 is 15.7 Å². The molecule has 0 aliphatic carbocycles. The van der Waals surface area contributed by atoms with Gasteiger partial charge in [-0.05, 0) is 31.0 Å². The van der Waals surface area contributed by atoms with Crippen molar-refractivity contribution in [2.75, 3.05) is 11.9 Å². The van der Waals surface area contributed by atoms with Crippen molar-refractivity contribution in [2.45, 2.75) is 26.2 Å². The highest BCUT2D eigenvalue weighted by molar-refractivity contribution is 5.96. The molecule has 0 aromatic heterocycles. The molecule has 0 bridgehead atoms. The van der Waals surface area contributed by atoms with Gasteiger partial charge in [0.15, 0.2) is 0 Å². The molecule has 1 aromatic carbocycles. The van der Waals surface area contributed by atoms with Gasteiger partial charge >= 0.3 is 5.97 Å². The number of anilines is 1. The summed E-state index contributed by atoms with van der Waals surface area (Å²) in [5, 5.41) is 13.4. The number of halogens is 1. The summed E-state index contributed by atoms with van der Waals surface area (Å²) in [7, 11) is 0. The van der Waals surface area contributed by atoms with E-state index < -0.39 is 23.6 Å². The van der Waals surface area contributed by atoms with Crippen molar-refractivity contribution < 1.29 is 23.9 Å². The number of aliphatic carboxylic acids is 1. The van der Waals surface area contributed by atoms with E-state index >= 15 is 0 Å². The number of amides is 2. The van der Waals surface area contributed by atoms with Crippen molar-refractivity contribution >= 4 is 23.5 Å². The van der Waals surface area contributed by atoms with E-state index in [1.165, 1.54) is 19.1 Å². The van der Waals surface area contributed by atoms with E-state index in [4.69, 9.17) is 5.11 Å². The van der Waals surface area contributed by atoms with Crippen LogP contribution in [0, 0.1) is 5.82 Å². The third-order valence-corrected chi connectivity index (χ3v) is 2.64. The summed E-state index contributed by atoms with van der Waals surface area (Å²) in [4.78, 5) is 33.1. The number of unbranched alkanes of at least 4 members (excludes halogenated alkanes) is 1. The molecular weight excluding hydrogens is 279 g/mol. The molecule has 1 rings (SSSR count). The minimum Gasteiger partial charge on any atom is -0.481 e. The Morgan fingerprint density at radius 3 is 2.57 bits per heavy atom. The third-order valence-electron chi connectivity index (χ3n) is 2.64. The van der Waals surface area contributed by atoms with Gasteiger partial charge in [-0.3, -0.25) is 14.4 Å². The predicted octanol–water partition coefficient (Wildman–Crippen LogP) is 1.77. The molecule has 0 aliphatic heterocycles. The molecule has 0 aliphatic rings. The second-order valence-electron chi connectivity index (χ2n) is 4.48. The lowest BCUT2D eigenvalue weighted by atomic mass is 10.1. The molecule has 21 heavy (non-hydrogen) atoms. The Hall–Kier alpha value is -2.44. The minimum absolute atomic E-state index is 0.0546. The number of carboxylic acids is 1. The Bertz CT molecular complexity index is 546. The molecule has 0 spiro atoms. The van der Waals surface area contributed by atoms with Crippen molar-refractivity contribution in [1.82, 2.24) is 5.32 Å². The Balaban J connectivity index is 2.54. The Morgan fingerprint density at radius 1 is 1.24 bits per heavy atom. The molecule has 1 aromatic rings. The van der Waals surface area contributed by atoms with Crippen LogP contribution >= 0.6 is 0 Å². The molecule has 3 N–H and O–H groups in total. The van der Waals surface area contributed by atoms with E-state index in [1.54, 1.807) is 0 Å². The van der Waals surface area contributed by atoms with Crippen LogP contribution in [-0.2, 0) is 9.59 Å². The van der Waals surface area contributed by atoms with Gasteiger partial charge in [0, 0.05) is 25.5 Å². The van der Waals surface area contributed by atoms with Crippen LogP contribution in [-0.4, -0.2) is 29.4 Å². The van der Waals surface area contributed by atoms with E-state index in [9.17, 15) is 18.8 Å². The number of rotatable bonds is 7. The van der Waals surface area contributed by atoms with Gasteiger partial charge in [-0.25, -0.2) is 4.39 Å². The fourth-order valence-corrected chi connectivity index (χ4v) is 1.66. The summed E-state index contributed by atoms with van der Waals surface area (Å²) in [5.41, 5.74) is 0.166. The first-order valence-corrected chi connectivity index (χ1v) is 6.47. The molecule has 0 fully saturated rings. The van der Waals surface area contributed by atoms with E-state index in [0.29, 0.717) is 19.4 Å². The van der Waals surface area contributed by atoms with Gasteiger partial charge in [0.1, 0.15) is 5.82 Å². The van der Waals surface area contributed by atoms with Crippen LogP contribution in [0.2, 0.25) is 0 Å². The lowest BCUT2D eigenvalue weighted by Crippen LogP contribution is -2.24. The number of carbonyl (C=O) groups is 3. The summed E-state index contributed by atoms with van der Waals surface area (Å²) >= 11 is 0. The summed E-state index contributed by atoms with van der Waals surface area (Å²) in [6.45, 7) is 1.58. The molecule has 6 nitrogen and oxygen atoms in total. The fourth-order valence-electron chi connectivity index (χ4n) is 1.66. The number of carbonyl (C=O) groups excluding carboxylic acids is 2. The van der Waals surface area contributed by atoms with Crippen LogP contribution in [0.4, 0.5) is 10.1 Å². The highest BCUT2D eigenvalue weighted by Gasteiger charge is 2.10. The average Bonchev–Trinajstić information content (AvgIpc) is 2.39. The molecule has 0 saturated heterocycles. The number of benzene rings is 1. The number of hydrogen-bond donors (Lipinski definition) is 3. The lowest BCUT2D eigenvalue weighted by Gasteiger charge is -2.08. The summed E-state index contributed by atoms with van der Waals surface area (Å²) in [6.07, 6.45) is 1.06. The summed E-state index contributed by atoms with van der Waals surface area (Å²) in [6, 6.07) is 3.67. The zero-order chi connectivity index (χ0) is 15.8. The number of hydrogen-bond acceptors (Lipinski definition) is 3. The van der Waals surface area contributed by atoms with Crippen molar-refractivity contribution in [3.8, 4) is 0 Å². The van der Waals surface area contributed by atoms with Gasteiger partial charge in [-0.15, -0.1) is 0 Å². The van der Waals surface area contributed by atoms with Crippen molar-refractivity contribution in [1.29, 1.82) is 0 Å². The maximum Gasteiger partial charge on any atom is 0.303 e. The van der Waals surface area contributed by atoms with Gasteiger partial charge in [-0.2, -0.15) is 0 Å². The molecule has 2 amide bonds. The Labute approximate surface area is 121 Å². The first kappa shape index (κ1) is 16.6. The second-order valence-corrected chi connectivity index (χ2v) is 4.48. The largest absolute Gasteiger partial charge is 0.481 e. The van der Waals surface area contributed by atoms with Gasteiger partial charge in [-0.1, -0.05) is 0 Å². The summed E-state index contributed by atoms with van der Waals surface area (Å²) in [5.74, 6) is -2.33. The van der Waals surface area contributed by atoms with Crippen LogP contribution in [0.3, 0.4) is 0 Å². The highest BCUT2D eigenvalue weighted by atomic mass is 19.1. The maximum absolute atomic E-state index is 13.4. The molecule has 0 unspecified atom stereocenters. The predicted molar refractivity (Wildman–Crippen MR) is 74.5 cm³/mol. The van der Waals surface area contributed by atoms with Crippen LogP contribution in [0.5, 0.6) is 0 Å². The Kier molecular flexibility index (Phi) is 6.32. The quantitative estimate of drug-likeness (QED) is 0.668. The molecule has 7 heteroatoms. The zero-order valence-electron chi connectivity index (χ0n) is 11.6. The first-order valence-electron chi connectivity index (χ1n) is 6.47. The van der Waals surface area contributed by atoms with Crippen LogP contribution < -0.4 is 10.6 Å². The molecule has 114 valence electrons. The van der Waals surface area contributed by atoms with Crippen molar-refractivity contribution in [3.63, 3.8) is 0 Å². The standard InChI is InChI=1S/C14H17FN2O4/c1-9(18)17-12-8-10(5-6-11(12)15)14(21)16-7-3-2-4-13(19)20/h5-6,8H,2-4,7H2,1H3,(H,16,21)(H,17,18)(H,19,20). The SMILES string of the molecule is CC(=O)Nc1cc(C(=O)NCCCCC(=O)O)ccc1F. The average molecular weight is 296 g/mol. The smallest absolute Gasteiger partial charge is 0.303 e. The van der Waals surface area contributed by atoms with Crippen LogP contribution in [0.25, 0.3) is 0 Å². The van der Waals surface area contributed by atoms with E-state index in [1.807, 2.05) is 0 Å². The van der Waals surface area contributed by atoms with E-state index in [2.05, 4.69) is 10.6 Å². The first-order chi connectivity index (χ1) is 9.90. The molecular formula is C14H17FN2O4. The third kappa shape index (κ3) is 6.03. The van der Waals surface area contributed by atoms with Gasteiger partial charge in [0.25, 0.3) is 5.91 Å². The Morgan fingerprint density at radius 2 is 1.95 bits per heavy atom.